The highest BCUT2D eigenvalue weighted by Gasteiger charge is 2.37. The molecule has 1 saturated heterocycles. The van der Waals surface area contributed by atoms with E-state index in [0.29, 0.717) is 60.5 Å². The molecule has 5 heterocycles. The monoisotopic (exact) mass is 591 g/mol. The third-order valence-corrected chi connectivity index (χ3v) is 7.75. The van der Waals surface area contributed by atoms with Gasteiger partial charge in [-0.3, -0.25) is 4.79 Å². The third-order valence-electron chi connectivity index (χ3n) is 7.75. The first kappa shape index (κ1) is 30.5. The van der Waals surface area contributed by atoms with Gasteiger partial charge in [-0.05, 0) is 59.6 Å². The molecule has 0 unspecified atom stereocenters. The van der Waals surface area contributed by atoms with Crippen LogP contribution in [0.3, 0.4) is 0 Å². The Balaban J connectivity index is 1.56. The lowest BCUT2D eigenvalue weighted by molar-refractivity contribution is -0.160. The van der Waals surface area contributed by atoms with Gasteiger partial charge in [-0.15, -0.1) is 0 Å². The van der Waals surface area contributed by atoms with Crippen molar-refractivity contribution in [2.45, 2.75) is 77.7 Å². The molecule has 6 rings (SSSR count). The van der Waals surface area contributed by atoms with Crippen molar-refractivity contribution >= 4 is 23.3 Å². The fraction of sp³-hybridized carbons (Fsp3) is 0.500. The number of hydrogen-bond donors (Lipinski definition) is 2. The summed E-state index contributed by atoms with van der Waals surface area (Å²) in [7, 11) is 0. The standard InChI is InChI=1S/C32H41N5O6/c1-21-27(28(30(39)40)43-31(2,3)4)29-36-14-12-32(5,13-15-36)42-17-9-8-16-41-24-11-7-6-10-22(24)18-26(38)33-20-23-19-25(34-21)37(29)35-23/h6-11,19,28H,12-18,20H2,1-5H3,(H,33,38)(H,39,40)/t28-/m0/s1. The first-order valence-electron chi connectivity index (χ1n) is 14.7. The molecule has 43 heavy (non-hydrogen) atoms. The molecule has 230 valence electrons. The maximum absolute atomic E-state index is 12.9. The number of anilines is 1. The quantitative estimate of drug-likeness (QED) is 0.432. The van der Waals surface area contributed by atoms with Crippen LogP contribution in [0.1, 0.15) is 69.2 Å². The molecule has 0 spiro atoms. The number of aromatic nitrogens is 3. The molecule has 3 aliphatic heterocycles. The molecule has 3 aliphatic rings. The van der Waals surface area contributed by atoms with E-state index in [9.17, 15) is 14.7 Å². The summed E-state index contributed by atoms with van der Waals surface area (Å²) >= 11 is 0. The van der Waals surface area contributed by atoms with Gasteiger partial charge in [0.25, 0.3) is 0 Å². The van der Waals surface area contributed by atoms with Crippen LogP contribution in [0.25, 0.3) is 5.65 Å². The second-order valence-electron chi connectivity index (χ2n) is 12.4. The molecule has 11 heteroatoms. The van der Waals surface area contributed by atoms with Gasteiger partial charge in [0.05, 0.1) is 42.0 Å². The van der Waals surface area contributed by atoms with Gasteiger partial charge in [-0.2, -0.15) is 9.61 Å². The summed E-state index contributed by atoms with van der Waals surface area (Å²) in [6, 6.07) is 9.32. The molecule has 1 fully saturated rings. The van der Waals surface area contributed by atoms with Crippen molar-refractivity contribution in [2.24, 2.45) is 0 Å². The predicted molar refractivity (Wildman–Crippen MR) is 161 cm³/mol. The van der Waals surface area contributed by atoms with Crippen LogP contribution in [0.15, 0.2) is 42.5 Å². The number of para-hydroxylation sites is 1. The number of piperidine rings is 1. The van der Waals surface area contributed by atoms with Crippen molar-refractivity contribution in [3.8, 4) is 5.75 Å². The van der Waals surface area contributed by atoms with Crippen LogP contribution < -0.4 is 15.0 Å². The number of nitrogens with zero attached hydrogens (tertiary/aromatic N) is 4. The number of nitrogens with one attached hydrogen (secondary N) is 1. The third kappa shape index (κ3) is 7.17. The molecule has 1 aromatic carbocycles. The highest BCUT2D eigenvalue weighted by Crippen LogP contribution is 2.37. The fourth-order valence-corrected chi connectivity index (χ4v) is 5.52. The molecule has 4 bridgehead atoms. The van der Waals surface area contributed by atoms with E-state index in [-0.39, 0.29) is 24.5 Å². The second kappa shape index (κ2) is 12.3. The van der Waals surface area contributed by atoms with E-state index in [4.69, 9.17) is 24.3 Å². The molecule has 2 N–H and O–H groups in total. The zero-order valence-electron chi connectivity index (χ0n) is 25.6. The zero-order chi connectivity index (χ0) is 30.8. The van der Waals surface area contributed by atoms with Crippen molar-refractivity contribution in [1.29, 1.82) is 0 Å². The summed E-state index contributed by atoms with van der Waals surface area (Å²) in [6.07, 6.45) is 4.24. The molecule has 3 aromatic rings. The summed E-state index contributed by atoms with van der Waals surface area (Å²) in [6.45, 7) is 11.7. The summed E-state index contributed by atoms with van der Waals surface area (Å²) in [4.78, 5) is 32.5. The minimum Gasteiger partial charge on any atom is -0.489 e. The smallest absolute Gasteiger partial charge is 0.337 e. The van der Waals surface area contributed by atoms with E-state index in [1.165, 1.54) is 0 Å². The molecular weight excluding hydrogens is 550 g/mol. The number of hydrogen-bond acceptors (Lipinski definition) is 8. The van der Waals surface area contributed by atoms with Crippen LogP contribution in [-0.4, -0.2) is 69.1 Å². The minimum atomic E-state index is -1.25. The van der Waals surface area contributed by atoms with Crippen LogP contribution in [0.4, 0.5) is 5.82 Å². The van der Waals surface area contributed by atoms with E-state index in [1.54, 1.807) is 11.4 Å². The normalized spacial score (nSPS) is 18.6. The molecular formula is C32H41N5O6. The van der Waals surface area contributed by atoms with Crippen molar-refractivity contribution < 1.29 is 28.9 Å². The van der Waals surface area contributed by atoms with E-state index in [0.717, 1.165) is 18.4 Å². The highest BCUT2D eigenvalue weighted by atomic mass is 16.5. The lowest BCUT2D eigenvalue weighted by atomic mass is 9.92. The lowest BCUT2D eigenvalue weighted by Gasteiger charge is -2.41. The first-order valence-corrected chi connectivity index (χ1v) is 14.7. The van der Waals surface area contributed by atoms with Gasteiger partial charge in [0, 0.05) is 30.4 Å². The van der Waals surface area contributed by atoms with Crippen molar-refractivity contribution in [1.82, 2.24) is 19.9 Å². The van der Waals surface area contributed by atoms with Crippen LogP contribution >= 0.6 is 0 Å². The maximum atomic E-state index is 12.9. The van der Waals surface area contributed by atoms with E-state index in [2.05, 4.69) is 17.1 Å². The Morgan fingerprint density at radius 2 is 1.88 bits per heavy atom. The predicted octanol–water partition coefficient (Wildman–Crippen LogP) is 4.16. The SMILES string of the molecule is Cc1nc2cc3nn2c(c1[C@H](OC(C)(C)C)C(=O)O)N1CCC(C)(CC1)OCC=CCOc1ccccc1CC(=O)NC3. The zero-order valence-corrected chi connectivity index (χ0v) is 25.6. The average molecular weight is 592 g/mol. The number of aryl methyl sites for hydroxylation is 1. The summed E-state index contributed by atoms with van der Waals surface area (Å²) in [5.41, 5.74) is 1.93. The number of carbonyl (C=O) groups is 2. The number of amides is 1. The van der Waals surface area contributed by atoms with Gasteiger partial charge in [-0.25, -0.2) is 9.78 Å². The van der Waals surface area contributed by atoms with E-state index in [1.807, 2.05) is 63.3 Å². The molecule has 11 nitrogen and oxygen atoms in total. The van der Waals surface area contributed by atoms with Gasteiger partial charge in [0.2, 0.25) is 5.91 Å². The van der Waals surface area contributed by atoms with Crippen molar-refractivity contribution in [3.63, 3.8) is 0 Å². The van der Waals surface area contributed by atoms with E-state index >= 15 is 0 Å². The van der Waals surface area contributed by atoms with Crippen LogP contribution in [0.2, 0.25) is 0 Å². The number of aliphatic carboxylic acids is 1. The highest BCUT2D eigenvalue weighted by molar-refractivity contribution is 5.80. The second-order valence-corrected chi connectivity index (χ2v) is 12.4. The average Bonchev–Trinajstić information content (AvgIpc) is 3.34. The minimum absolute atomic E-state index is 0.152. The molecule has 0 radical (unpaired) electrons. The summed E-state index contributed by atoms with van der Waals surface area (Å²) in [5.74, 6) is 0.0326. The Morgan fingerprint density at radius 1 is 1.16 bits per heavy atom. The van der Waals surface area contributed by atoms with Crippen LogP contribution in [-0.2, 0) is 32.0 Å². The van der Waals surface area contributed by atoms with Gasteiger partial charge in [0.15, 0.2) is 11.8 Å². The van der Waals surface area contributed by atoms with Crippen molar-refractivity contribution in [2.75, 3.05) is 31.2 Å². The maximum Gasteiger partial charge on any atom is 0.337 e. The van der Waals surface area contributed by atoms with Crippen LogP contribution in [0.5, 0.6) is 5.75 Å². The molecule has 2 aromatic heterocycles. The Labute approximate surface area is 251 Å². The Bertz CT molecular complexity index is 1520. The Hall–Kier alpha value is -3.96. The Kier molecular flexibility index (Phi) is 8.75. The van der Waals surface area contributed by atoms with Gasteiger partial charge < -0.3 is 29.5 Å². The van der Waals surface area contributed by atoms with Crippen LogP contribution in [0, 0.1) is 6.92 Å². The van der Waals surface area contributed by atoms with Gasteiger partial charge in [0.1, 0.15) is 18.2 Å². The number of benzene rings is 1. The largest absolute Gasteiger partial charge is 0.489 e. The molecule has 0 aliphatic carbocycles. The number of carboxylic acid groups (broad SMARTS) is 1. The Morgan fingerprint density at radius 3 is 2.60 bits per heavy atom. The van der Waals surface area contributed by atoms with Crippen molar-refractivity contribution in [3.05, 3.63) is 65.0 Å². The summed E-state index contributed by atoms with van der Waals surface area (Å²) in [5, 5.41) is 18.1. The first-order chi connectivity index (χ1) is 20.4. The lowest BCUT2D eigenvalue weighted by Crippen LogP contribution is -2.45. The fourth-order valence-electron chi connectivity index (χ4n) is 5.52. The molecule has 0 saturated carbocycles. The molecule has 1 amide bonds. The topological polar surface area (TPSA) is 128 Å². The number of carboxylic acids is 1. The summed E-state index contributed by atoms with van der Waals surface area (Å²) < 4.78 is 20.1. The van der Waals surface area contributed by atoms with Gasteiger partial charge in [-0.1, -0.05) is 24.3 Å². The number of rotatable bonds is 3. The van der Waals surface area contributed by atoms with E-state index < -0.39 is 17.7 Å². The number of fused-ring (bicyclic) bond motifs is 9. The number of carbonyl (C=O) groups excluding carboxylic acids is 1. The molecule has 1 atom stereocenters. The number of ether oxygens (including phenoxy) is 3. The van der Waals surface area contributed by atoms with Gasteiger partial charge >= 0.3 is 5.97 Å².